The molecule has 5 nitrogen and oxygen atoms in total. The monoisotopic (exact) mass is 242 g/mol. The highest BCUT2D eigenvalue weighted by atomic mass is 16.6. The Kier molecular flexibility index (Phi) is 5.15. The third-order valence-electron chi connectivity index (χ3n) is 2.24. The van der Waals surface area contributed by atoms with E-state index in [0.717, 1.165) is 0 Å². The topological polar surface area (TPSA) is 61.8 Å². The molecule has 96 valence electrons. The lowest BCUT2D eigenvalue weighted by molar-refractivity contribution is -0.181. The third-order valence-corrected chi connectivity index (χ3v) is 2.24. The summed E-state index contributed by atoms with van der Waals surface area (Å²) in [6.45, 7) is 4.49. The first kappa shape index (κ1) is 13.7. The molecule has 1 rings (SSSR count). The van der Waals surface area contributed by atoms with Gasteiger partial charge in [-0.25, -0.2) is 9.59 Å². The van der Waals surface area contributed by atoms with Crippen molar-refractivity contribution in [2.24, 2.45) is 0 Å². The summed E-state index contributed by atoms with van der Waals surface area (Å²) in [7, 11) is 0. The minimum absolute atomic E-state index is 0.211. The molecule has 0 aliphatic carbocycles. The van der Waals surface area contributed by atoms with E-state index < -0.39 is 17.5 Å². The van der Waals surface area contributed by atoms with Gasteiger partial charge in [0, 0.05) is 0 Å². The van der Waals surface area contributed by atoms with Gasteiger partial charge in [-0.2, -0.15) is 0 Å². The first-order chi connectivity index (χ1) is 8.17. The maximum Gasteiger partial charge on any atom is 0.354 e. The molecule has 1 heterocycles. The molecule has 0 saturated carbocycles. The van der Waals surface area contributed by atoms with E-state index in [9.17, 15) is 9.59 Å². The van der Waals surface area contributed by atoms with Gasteiger partial charge in [0.1, 0.15) is 0 Å². The molecular formula is C12H18O5. The maximum atomic E-state index is 11.8. The molecule has 5 heteroatoms. The second-order valence-electron chi connectivity index (χ2n) is 3.72. The van der Waals surface area contributed by atoms with Crippen LogP contribution in [0.1, 0.15) is 26.7 Å². The van der Waals surface area contributed by atoms with Crippen molar-refractivity contribution in [2.45, 2.75) is 32.3 Å². The molecule has 0 saturated heterocycles. The molecule has 1 aliphatic heterocycles. The molecule has 0 aromatic carbocycles. The number of hydrogen-bond donors (Lipinski definition) is 0. The quantitative estimate of drug-likeness (QED) is 0.398. The fourth-order valence-electron chi connectivity index (χ4n) is 1.38. The summed E-state index contributed by atoms with van der Waals surface area (Å²) in [4.78, 5) is 23.7. The van der Waals surface area contributed by atoms with Gasteiger partial charge >= 0.3 is 11.9 Å². The summed E-state index contributed by atoms with van der Waals surface area (Å²) in [5.41, 5.74) is -1.69. The SMILES string of the molecule is CCCOC(=O)C1(C(=O)OCCC)C=CCO1. The van der Waals surface area contributed by atoms with E-state index in [1.807, 2.05) is 13.8 Å². The Morgan fingerprint density at radius 2 is 1.71 bits per heavy atom. The van der Waals surface area contributed by atoms with Gasteiger partial charge in [0.05, 0.1) is 19.8 Å². The molecule has 0 bridgehead atoms. The van der Waals surface area contributed by atoms with E-state index in [0.29, 0.717) is 12.8 Å². The highest BCUT2D eigenvalue weighted by Gasteiger charge is 2.50. The van der Waals surface area contributed by atoms with Crippen molar-refractivity contribution < 1.29 is 23.8 Å². The zero-order valence-electron chi connectivity index (χ0n) is 10.2. The molecule has 0 amide bonds. The average Bonchev–Trinajstić information content (AvgIpc) is 2.83. The van der Waals surface area contributed by atoms with Gasteiger partial charge in [-0.05, 0) is 18.9 Å². The average molecular weight is 242 g/mol. The molecule has 0 spiro atoms. The molecule has 17 heavy (non-hydrogen) atoms. The van der Waals surface area contributed by atoms with Crippen LogP contribution in [0.5, 0.6) is 0 Å². The molecule has 0 fully saturated rings. The fraction of sp³-hybridized carbons (Fsp3) is 0.667. The molecule has 0 unspecified atom stereocenters. The van der Waals surface area contributed by atoms with Crippen LogP contribution < -0.4 is 0 Å². The second-order valence-corrected chi connectivity index (χ2v) is 3.72. The summed E-state index contributed by atoms with van der Waals surface area (Å²) >= 11 is 0. The Hall–Kier alpha value is -1.36. The van der Waals surface area contributed by atoms with E-state index in [2.05, 4.69) is 0 Å². The smallest absolute Gasteiger partial charge is 0.354 e. The Bertz CT molecular complexity index is 288. The number of ether oxygens (including phenoxy) is 3. The van der Waals surface area contributed by atoms with Gasteiger partial charge in [-0.15, -0.1) is 0 Å². The summed E-state index contributed by atoms with van der Waals surface area (Å²) in [5, 5.41) is 0. The summed E-state index contributed by atoms with van der Waals surface area (Å²) in [6.07, 6.45) is 4.40. The van der Waals surface area contributed by atoms with Gasteiger partial charge < -0.3 is 14.2 Å². The lowest BCUT2D eigenvalue weighted by Gasteiger charge is -2.22. The van der Waals surface area contributed by atoms with Crippen LogP contribution in [0.3, 0.4) is 0 Å². The lowest BCUT2D eigenvalue weighted by atomic mass is 10.1. The number of carbonyl (C=O) groups excluding carboxylic acids is 2. The highest BCUT2D eigenvalue weighted by Crippen LogP contribution is 2.23. The van der Waals surface area contributed by atoms with Gasteiger partial charge in [-0.3, -0.25) is 0 Å². The van der Waals surface area contributed by atoms with Gasteiger partial charge in [-0.1, -0.05) is 19.9 Å². The van der Waals surface area contributed by atoms with Crippen molar-refractivity contribution in [3.05, 3.63) is 12.2 Å². The molecule has 0 atom stereocenters. The minimum atomic E-state index is -1.69. The first-order valence-electron chi connectivity index (χ1n) is 5.83. The predicted octanol–water partition coefficient (Wildman–Crippen LogP) is 1.22. The summed E-state index contributed by atoms with van der Waals surface area (Å²) < 4.78 is 15.1. The highest BCUT2D eigenvalue weighted by molar-refractivity contribution is 6.06. The number of carbonyl (C=O) groups is 2. The lowest BCUT2D eigenvalue weighted by Crippen LogP contribution is -2.48. The Labute approximate surface area is 101 Å². The zero-order chi connectivity index (χ0) is 12.7. The Balaban J connectivity index is 2.71. The molecule has 1 aliphatic rings. The van der Waals surface area contributed by atoms with Crippen molar-refractivity contribution in [3.8, 4) is 0 Å². The fourth-order valence-corrected chi connectivity index (χ4v) is 1.38. The zero-order valence-corrected chi connectivity index (χ0v) is 10.2. The van der Waals surface area contributed by atoms with Crippen molar-refractivity contribution in [2.75, 3.05) is 19.8 Å². The summed E-state index contributed by atoms with van der Waals surface area (Å²) in [5.74, 6) is -1.40. The van der Waals surface area contributed by atoms with Crippen molar-refractivity contribution in [1.29, 1.82) is 0 Å². The van der Waals surface area contributed by atoms with Crippen LogP contribution in [-0.4, -0.2) is 37.4 Å². The minimum Gasteiger partial charge on any atom is -0.463 e. The van der Waals surface area contributed by atoms with E-state index in [1.165, 1.54) is 6.08 Å². The van der Waals surface area contributed by atoms with Crippen LogP contribution in [0.15, 0.2) is 12.2 Å². The van der Waals surface area contributed by atoms with Crippen molar-refractivity contribution in [1.82, 2.24) is 0 Å². The van der Waals surface area contributed by atoms with Crippen LogP contribution in [-0.2, 0) is 23.8 Å². The summed E-state index contributed by atoms with van der Waals surface area (Å²) in [6, 6.07) is 0. The van der Waals surface area contributed by atoms with Gasteiger partial charge in [0.15, 0.2) is 0 Å². The normalized spacial score (nSPS) is 16.8. The third kappa shape index (κ3) is 3.06. The van der Waals surface area contributed by atoms with Crippen molar-refractivity contribution >= 4 is 11.9 Å². The van der Waals surface area contributed by atoms with Crippen LogP contribution in [0.2, 0.25) is 0 Å². The van der Waals surface area contributed by atoms with E-state index >= 15 is 0 Å². The Morgan fingerprint density at radius 1 is 1.18 bits per heavy atom. The first-order valence-corrected chi connectivity index (χ1v) is 5.83. The molecule has 0 radical (unpaired) electrons. The molecule has 0 aromatic rings. The maximum absolute atomic E-state index is 11.8. The van der Waals surface area contributed by atoms with E-state index in [1.54, 1.807) is 6.08 Å². The van der Waals surface area contributed by atoms with Gasteiger partial charge in [0.2, 0.25) is 0 Å². The van der Waals surface area contributed by atoms with Crippen LogP contribution in [0.4, 0.5) is 0 Å². The van der Waals surface area contributed by atoms with Crippen LogP contribution >= 0.6 is 0 Å². The van der Waals surface area contributed by atoms with Gasteiger partial charge in [0.25, 0.3) is 5.60 Å². The number of rotatable bonds is 6. The van der Waals surface area contributed by atoms with Crippen LogP contribution in [0, 0.1) is 0 Å². The predicted molar refractivity (Wildman–Crippen MR) is 60.3 cm³/mol. The number of hydrogen-bond acceptors (Lipinski definition) is 5. The molecule has 0 aromatic heterocycles. The number of esters is 2. The largest absolute Gasteiger partial charge is 0.463 e. The standard InChI is InChI=1S/C12H18O5/c1-3-7-15-10(13)12(6-5-9-17-12)11(14)16-8-4-2/h5-6H,3-4,7-9H2,1-2H3. The van der Waals surface area contributed by atoms with Crippen LogP contribution in [0.25, 0.3) is 0 Å². The van der Waals surface area contributed by atoms with Crippen molar-refractivity contribution in [3.63, 3.8) is 0 Å². The van der Waals surface area contributed by atoms with E-state index in [4.69, 9.17) is 14.2 Å². The van der Waals surface area contributed by atoms with E-state index in [-0.39, 0.29) is 19.8 Å². The molecule has 0 N–H and O–H groups in total. The molecular weight excluding hydrogens is 224 g/mol. The Morgan fingerprint density at radius 3 is 2.06 bits per heavy atom. The second kappa shape index (κ2) is 6.39.